The number of non-ortho nitro benzene ring substituents is 2. The van der Waals surface area contributed by atoms with Crippen molar-refractivity contribution in [3.8, 4) is 6.07 Å². The molecule has 0 saturated carbocycles. The second-order valence-corrected chi connectivity index (χ2v) is 6.00. The van der Waals surface area contributed by atoms with Crippen LogP contribution in [0.2, 0.25) is 0 Å². The van der Waals surface area contributed by atoms with E-state index < -0.39 is 27.1 Å². The largest absolute Gasteiger partial charge is 0.311 e. The lowest BCUT2D eigenvalue weighted by atomic mass is 10.1. The van der Waals surface area contributed by atoms with Crippen LogP contribution in [0.3, 0.4) is 0 Å². The van der Waals surface area contributed by atoms with Gasteiger partial charge in [0, 0.05) is 24.4 Å². The topological polar surface area (TPSA) is 130 Å². The van der Waals surface area contributed by atoms with Crippen molar-refractivity contribution < 1.29 is 14.6 Å². The summed E-state index contributed by atoms with van der Waals surface area (Å²) in [5.41, 5.74) is 0.0858. The Labute approximate surface area is 166 Å². The average Bonchev–Trinajstić information content (AvgIpc) is 2.71. The summed E-state index contributed by atoms with van der Waals surface area (Å²) >= 11 is 0. The van der Waals surface area contributed by atoms with Gasteiger partial charge < -0.3 is 4.90 Å². The van der Waals surface area contributed by atoms with Gasteiger partial charge in [0.25, 0.3) is 17.3 Å². The van der Waals surface area contributed by atoms with Crippen molar-refractivity contribution in [3.63, 3.8) is 0 Å². The smallest absolute Gasteiger partial charge is 0.277 e. The van der Waals surface area contributed by atoms with E-state index in [1.165, 1.54) is 23.3 Å². The Bertz CT molecular complexity index is 1010. The van der Waals surface area contributed by atoms with Crippen molar-refractivity contribution in [2.75, 3.05) is 0 Å². The van der Waals surface area contributed by atoms with Crippen LogP contribution in [0.1, 0.15) is 22.8 Å². The molecule has 1 amide bonds. The minimum absolute atomic E-state index is 0.131. The zero-order valence-electron chi connectivity index (χ0n) is 15.4. The number of amides is 1. The van der Waals surface area contributed by atoms with E-state index >= 15 is 0 Å². The number of nitrogens with zero attached hydrogens (tertiary/aromatic N) is 4. The van der Waals surface area contributed by atoms with E-state index in [-0.39, 0.29) is 12.1 Å². The fourth-order valence-corrected chi connectivity index (χ4v) is 2.43. The third kappa shape index (κ3) is 5.83. The number of hydrogen-bond acceptors (Lipinski definition) is 6. The quantitative estimate of drug-likeness (QED) is 0.301. The molecule has 9 heteroatoms. The first-order valence-corrected chi connectivity index (χ1v) is 8.35. The van der Waals surface area contributed by atoms with E-state index in [9.17, 15) is 25.0 Å². The van der Waals surface area contributed by atoms with Gasteiger partial charge >= 0.3 is 0 Å². The number of carbonyl (C=O) groups excluding carboxylic acids is 1. The summed E-state index contributed by atoms with van der Waals surface area (Å²) in [5, 5.41) is 30.9. The van der Waals surface area contributed by atoms with Crippen molar-refractivity contribution in [3.05, 3.63) is 104 Å². The zero-order chi connectivity index (χ0) is 21.4. The van der Waals surface area contributed by atoms with E-state index in [1.807, 2.05) is 12.1 Å². The molecule has 0 atom stereocenters. The Balaban J connectivity index is 2.48. The summed E-state index contributed by atoms with van der Waals surface area (Å²) in [4.78, 5) is 34.9. The van der Waals surface area contributed by atoms with Crippen molar-refractivity contribution in [1.29, 1.82) is 5.26 Å². The highest BCUT2D eigenvalue weighted by Gasteiger charge is 2.22. The molecular weight excluding hydrogens is 376 g/mol. The molecule has 0 aliphatic heterocycles. The average molecular weight is 392 g/mol. The molecule has 0 spiro atoms. The highest BCUT2D eigenvalue weighted by atomic mass is 16.6. The lowest BCUT2D eigenvalue weighted by Crippen LogP contribution is -2.25. The second kappa shape index (κ2) is 9.57. The number of hydrogen-bond donors (Lipinski definition) is 0. The summed E-state index contributed by atoms with van der Waals surface area (Å²) in [6, 6.07) is 13.7. The van der Waals surface area contributed by atoms with Crippen LogP contribution in [0.15, 0.2) is 72.5 Å². The molecule has 0 fully saturated rings. The standard InChI is InChI=1S/C20H16N4O5/c1-15(7-9-21)8-10-22(14-16-5-3-2-4-6-16)20(25)17-11-18(23(26)27)13-19(12-17)24(28)29/h2-8,10-13H,14H2,1H3. The third-order valence-corrected chi connectivity index (χ3v) is 3.84. The van der Waals surface area contributed by atoms with Crippen LogP contribution in [-0.4, -0.2) is 20.7 Å². The van der Waals surface area contributed by atoms with Crippen LogP contribution in [0, 0.1) is 31.6 Å². The predicted molar refractivity (Wildman–Crippen MR) is 105 cm³/mol. The van der Waals surface area contributed by atoms with Gasteiger partial charge in [-0.15, -0.1) is 0 Å². The van der Waals surface area contributed by atoms with Crippen LogP contribution in [0.4, 0.5) is 11.4 Å². The summed E-state index contributed by atoms with van der Waals surface area (Å²) in [5.74, 6) is -0.651. The van der Waals surface area contributed by atoms with Crippen LogP contribution in [0.25, 0.3) is 0 Å². The molecule has 0 unspecified atom stereocenters. The predicted octanol–water partition coefficient (Wildman–Crippen LogP) is 4.13. The first kappa shape index (κ1) is 21.0. The van der Waals surface area contributed by atoms with Gasteiger partial charge in [0.15, 0.2) is 0 Å². The number of rotatable bonds is 7. The molecule has 0 aliphatic carbocycles. The molecule has 2 rings (SSSR count). The van der Waals surface area contributed by atoms with Crippen LogP contribution < -0.4 is 0 Å². The van der Waals surface area contributed by atoms with E-state index in [0.717, 1.165) is 23.8 Å². The number of carbonyl (C=O) groups is 1. The fourth-order valence-electron chi connectivity index (χ4n) is 2.43. The Kier molecular flexibility index (Phi) is 6.92. The maximum absolute atomic E-state index is 13.0. The number of allylic oxidation sites excluding steroid dienone is 3. The van der Waals surface area contributed by atoms with Crippen molar-refractivity contribution in [2.24, 2.45) is 0 Å². The Morgan fingerprint density at radius 3 is 2.21 bits per heavy atom. The molecule has 2 aromatic rings. The van der Waals surface area contributed by atoms with Gasteiger partial charge in [-0.3, -0.25) is 25.0 Å². The maximum atomic E-state index is 13.0. The monoisotopic (exact) mass is 392 g/mol. The van der Waals surface area contributed by atoms with Gasteiger partial charge in [-0.05, 0) is 24.1 Å². The minimum atomic E-state index is -0.791. The highest BCUT2D eigenvalue weighted by molar-refractivity contribution is 5.96. The van der Waals surface area contributed by atoms with Gasteiger partial charge in [0.1, 0.15) is 0 Å². The molecule has 0 aromatic heterocycles. The number of nitriles is 1. The highest BCUT2D eigenvalue weighted by Crippen LogP contribution is 2.24. The summed E-state index contributed by atoms with van der Waals surface area (Å²) in [6.07, 6.45) is 4.26. The van der Waals surface area contributed by atoms with Crippen molar-refractivity contribution >= 4 is 17.3 Å². The first-order chi connectivity index (χ1) is 13.8. The van der Waals surface area contributed by atoms with Crippen molar-refractivity contribution in [2.45, 2.75) is 13.5 Å². The molecule has 2 aromatic carbocycles. The molecule has 0 radical (unpaired) electrons. The molecule has 0 N–H and O–H groups in total. The lowest BCUT2D eigenvalue weighted by molar-refractivity contribution is -0.394. The van der Waals surface area contributed by atoms with E-state index in [4.69, 9.17) is 5.26 Å². The normalized spacial score (nSPS) is 11.1. The molecule has 0 aliphatic rings. The van der Waals surface area contributed by atoms with Crippen molar-refractivity contribution in [1.82, 2.24) is 4.90 Å². The van der Waals surface area contributed by atoms with E-state index in [1.54, 1.807) is 31.2 Å². The summed E-state index contributed by atoms with van der Waals surface area (Å²) < 4.78 is 0. The fraction of sp³-hybridized carbons (Fsp3) is 0.100. The van der Waals surface area contributed by atoms with Gasteiger partial charge in [-0.2, -0.15) is 5.26 Å². The molecule has 0 heterocycles. The van der Waals surface area contributed by atoms with Crippen LogP contribution >= 0.6 is 0 Å². The van der Waals surface area contributed by atoms with Gasteiger partial charge in [-0.25, -0.2) is 0 Å². The minimum Gasteiger partial charge on any atom is -0.311 e. The third-order valence-electron chi connectivity index (χ3n) is 3.84. The van der Waals surface area contributed by atoms with Crippen LogP contribution in [0.5, 0.6) is 0 Å². The SMILES string of the molecule is CC(C=CN(Cc1ccccc1)C(=O)c1cc([N+](=O)[O-])cc([N+](=O)[O-])c1)=CC#N. The Morgan fingerprint density at radius 1 is 1.10 bits per heavy atom. The molecule has 146 valence electrons. The van der Waals surface area contributed by atoms with Gasteiger partial charge in [0.05, 0.1) is 34.1 Å². The summed E-state index contributed by atoms with van der Waals surface area (Å²) in [6.45, 7) is 1.80. The zero-order valence-corrected chi connectivity index (χ0v) is 15.4. The van der Waals surface area contributed by atoms with Gasteiger partial charge in [0.2, 0.25) is 0 Å². The molecule has 0 saturated heterocycles. The Morgan fingerprint density at radius 2 is 1.69 bits per heavy atom. The number of nitro benzene ring substituents is 2. The molecule has 9 nitrogen and oxygen atoms in total. The number of nitro groups is 2. The Hall–Kier alpha value is -4.32. The summed E-state index contributed by atoms with van der Waals surface area (Å²) in [7, 11) is 0. The molecular formula is C20H16N4O5. The van der Waals surface area contributed by atoms with E-state index in [0.29, 0.717) is 5.57 Å². The molecule has 29 heavy (non-hydrogen) atoms. The van der Waals surface area contributed by atoms with Crippen LogP contribution in [-0.2, 0) is 6.54 Å². The van der Waals surface area contributed by atoms with E-state index in [2.05, 4.69) is 0 Å². The van der Waals surface area contributed by atoms with Gasteiger partial charge in [-0.1, -0.05) is 30.3 Å². The number of benzene rings is 2. The maximum Gasteiger partial charge on any atom is 0.277 e. The first-order valence-electron chi connectivity index (χ1n) is 8.35. The lowest BCUT2D eigenvalue weighted by Gasteiger charge is -2.19. The molecule has 0 bridgehead atoms. The second-order valence-electron chi connectivity index (χ2n) is 6.00.